The van der Waals surface area contributed by atoms with Gasteiger partial charge in [-0.2, -0.15) is 0 Å². The van der Waals surface area contributed by atoms with E-state index in [0.717, 1.165) is 38.1 Å². The lowest BCUT2D eigenvalue weighted by molar-refractivity contribution is -0.385. The molecular weight excluding hydrogens is 400 g/mol. The minimum atomic E-state index is -1.06. The van der Waals surface area contributed by atoms with E-state index in [4.69, 9.17) is 0 Å². The van der Waals surface area contributed by atoms with Gasteiger partial charge in [0.2, 0.25) is 23.4 Å². The van der Waals surface area contributed by atoms with Crippen molar-refractivity contribution in [2.75, 3.05) is 10.6 Å². The second-order valence-corrected chi connectivity index (χ2v) is 6.30. The topological polar surface area (TPSA) is 179 Å². The zero-order chi connectivity index (χ0) is 22.3. The molecular formula is C18H12N4O8. The second kappa shape index (κ2) is 7.16. The summed E-state index contributed by atoms with van der Waals surface area (Å²) in [5.41, 5.74) is -4.16. The van der Waals surface area contributed by atoms with Gasteiger partial charge in [-0.1, -0.05) is 0 Å². The fourth-order valence-electron chi connectivity index (χ4n) is 3.26. The van der Waals surface area contributed by atoms with Gasteiger partial charge in [0.15, 0.2) is 0 Å². The van der Waals surface area contributed by atoms with Gasteiger partial charge < -0.3 is 10.6 Å². The Balaban J connectivity index is 2.45. The van der Waals surface area contributed by atoms with Crippen LogP contribution in [0.2, 0.25) is 0 Å². The zero-order valence-corrected chi connectivity index (χ0v) is 15.5. The molecule has 0 radical (unpaired) electrons. The van der Waals surface area contributed by atoms with E-state index < -0.39 is 66.9 Å². The average molecular weight is 412 g/mol. The maximum Gasteiger partial charge on any atom is 0.281 e. The molecule has 0 aromatic heterocycles. The molecule has 0 unspecified atom stereocenters. The molecule has 2 N–H and O–H groups in total. The van der Waals surface area contributed by atoms with Gasteiger partial charge in [-0.05, 0) is 12.1 Å². The maximum absolute atomic E-state index is 13.3. The first-order valence-corrected chi connectivity index (χ1v) is 8.32. The van der Waals surface area contributed by atoms with Crippen molar-refractivity contribution in [1.82, 2.24) is 0 Å². The molecule has 0 heterocycles. The number of rotatable bonds is 4. The van der Waals surface area contributed by atoms with E-state index in [-0.39, 0.29) is 11.4 Å². The second-order valence-electron chi connectivity index (χ2n) is 6.30. The Morgan fingerprint density at radius 1 is 0.700 bits per heavy atom. The van der Waals surface area contributed by atoms with E-state index in [9.17, 15) is 39.4 Å². The number of hydrogen-bond acceptors (Lipinski definition) is 8. The molecule has 2 amide bonds. The Hall–Kier alpha value is -4.48. The molecule has 3 rings (SSSR count). The molecule has 0 fully saturated rings. The molecule has 1 aliphatic carbocycles. The van der Waals surface area contributed by atoms with Crippen molar-refractivity contribution in [3.05, 3.63) is 66.7 Å². The Labute approximate surface area is 167 Å². The number of hydrogen-bond donors (Lipinski definition) is 2. The molecule has 0 aliphatic heterocycles. The summed E-state index contributed by atoms with van der Waals surface area (Å²) >= 11 is 0. The van der Waals surface area contributed by atoms with Crippen LogP contribution in [0.4, 0.5) is 22.7 Å². The Kier molecular flexibility index (Phi) is 4.84. The Morgan fingerprint density at radius 3 is 1.30 bits per heavy atom. The van der Waals surface area contributed by atoms with Crippen molar-refractivity contribution in [3.63, 3.8) is 0 Å². The van der Waals surface area contributed by atoms with Crippen LogP contribution >= 0.6 is 0 Å². The molecule has 0 saturated heterocycles. The van der Waals surface area contributed by atoms with Gasteiger partial charge in [0.05, 0.1) is 32.3 Å². The van der Waals surface area contributed by atoms with Crippen LogP contribution in [-0.2, 0) is 9.59 Å². The number of fused-ring (bicyclic) bond motifs is 2. The molecule has 2 aromatic carbocycles. The molecule has 30 heavy (non-hydrogen) atoms. The first-order valence-electron chi connectivity index (χ1n) is 8.32. The summed E-state index contributed by atoms with van der Waals surface area (Å²) in [4.78, 5) is 70.7. The van der Waals surface area contributed by atoms with E-state index in [1.807, 2.05) is 0 Å². The number of nitro groups is 2. The number of benzene rings is 2. The van der Waals surface area contributed by atoms with E-state index in [0.29, 0.717) is 0 Å². The molecule has 0 atom stereocenters. The Bertz CT molecular complexity index is 1110. The first kappa shape index (κ1) is 20.3. The average Bonchev–Trinajstić information content (AvgIpc) is 2.64. The SMILES string of the molecule is CC(=O)Nc1ccc([N+](=O)[O-])c2c1C(=O)c1c([N+](=O)[O-])ccc(NC(C)=O)c1C2=O. The molecule has 2 aromatic rings. The van der Waals surface area contributed by atoms with Gasteiger partial charge >= 0.3 is 0 Å². The third kappa shape index (κ3) is 3.15. The van der Waals surface area contributed by atoms with Crippen LogP contribution in [0, 0.1) is 20.2 Å². The van der Waals surface area contributed by atoms with E-state index in [1.165, 1.54) is 0 Å². The van der Waals surface area contributed by atoms with E-state index in [2.05, 4.69) is 10.6 Å². The lowest BCUT2D eigenvalue weighted by Gasteiger charge is -2.22. The normalized spacial score (nSPS) is 11.9. The lowest BCUT2D eigenvalue weighted by Crippen LogP contribution is -2.27. The van der Waals surface area contributed by atoms with Gasteiger partial charge in [-0.25, -0.2) is 0 Å². The van der Waals surface area contributed by atoms with E-state index in [1.54, 1.807) is 0 Å². The van der Waals surface area contributed by atoms with Crippen molar-refractivity contribution in [1.29, 1.82) is 0 Å². The lowest BCUT2D eigenvalue weighted by atomic mass is 9.80. The highest BCUT2D eigenvalue weighted by Crippen LogP contribution is 2.42. The summed E-state index contributed by atoms with van der Waals surface area (Å²) in [5, 5.41) is 27.6. The van der Waals surface area contributed by atoms with Crippen LogP contribution in [0.25, 0.3) is 0 Å². The van der Waals surface area contributed by atoms with Crippen LogP contribution in [0.15, 0.2) is 24.3 Å². The van der Waals surface area contributed by atoms with Crippen molar-refractivity contribution in [2.24, 2.45) is 0 Å². The van der Waals surface area contributed by atoms with Crippen LogP contribution in [0.1, 0.15) is 45.7 Å². The Morgan fingerprint density at radius 2 is 1.03 bits per heavy atom. The van der Waals surface area contributed by atoms with Gasteiger partial charge in [-0.3, -0.25) is 39.4 Å². The molecule has 1 aliphatic rings. The summed E-state index contributed by atoms with van der Waals surface area (Å²) in [6.45, 7) is 2.24. The quantitative estimate of drug-likeness (QED) is 0.483. The summed E-state index contributed by atoms with van der Waals surface area (Å²) in [6, 6.07) is 4.02. The number of ketones is 2. The van der Waals surface area contributed by atoms with Crippen LogP contribution in [-0.4, -0.2) is 33.2 Å². The standard InChI is InChI=1S/C18H12N4O8/c1-7(23)19-9-3-5-11(21(27)28)15-13(9)17(25)16-12(22(29)30)6-4-10(20-8(2)24)14(16)18(15)26/h3-6H,1-2H3,(H,19,23)(H,20,24). The molecule has 12 heteroatoms. The highest BCUT2D eigenvalue weighted by atomic mass is 16.6. The predicted molar refractivity (Wildman–Crippen MR) is 102 cm³/mol. The third-order valence-corrected chi connectivity index (χ3v) is 4.29. The van der Waals surface area contributed by atoms with Crippen molar-refractivity contribution < 1.29 is 29.0 Å². The third-order valence-electron chi connectivity index (χ3n) is 4.29. The summed E-state index contributed by atoms with van der Waals surface area (Å²) in [5.74, 6) is -3.38. The molecule has 0 saturated carbocycles. The number of carbonyl (C=O) groups is 4. The number of carbonyl (C=O) groups excluding carboxylic acids is 4. The minimum Gasteiger partial charge on any atom is -0.326 e. The number of nitro benzene ring substituents is 2. The van der Waals surface area contributed by atoms with E-state index >= 15 is 0 Å². The van der Waals surface area contributed by atoms with Gasteiger partial charge in [0.1, 0.15) is 11.1 Å². The fourth-order valence-corrected chi connectivity index (χ4v) is 3.26. The molecule has 0 spiro atoms. The van der Waals surface area contributed by atoms with Crippen molar-refractivity contribution in [3.8, 4) is 0 Å². The van der Waals surface area contributed by atoms with Crippen LogP contribution in [0.3, 0.4) is 0 Å². The van der Waals surface area contributed by atoms with Gasteiger partial charge in [-0.15, -0.1) is 0 Å². The minimum absolute atomic E-state index is 0.202. The summed E-state index contributed by atoms with van der Waals surface area (Å²) in [6.07, 6.45) is 0. The monoisotopic (exact) mass is 412 g/mol. The maximum atomic E-state index is 13.3. The van der Waals surface area contributed by atoms with Crippen LogP contribution < -0.4 is 10.6 Å². The summed E-state index contributed by atoms with van der Waals surface area (Å²) in [7, 11) is 0. The largest absolute Gasteiger partial charge is 0.326 e. The number of anilines is 2. The smallest absolute Gasteiger partial charge is 0.281 e. The molecule has 152 valence electrons. The predicted octanol–water partition coefficient (Wildman–Crippen LogP) is 2.20. The van der Waals surface area contributed by atoms with Crippen LogP contribution in [0.5, 0.6) is 0 Å². The fraction of sp³-hybridized carbons (Fsp3) is 0.111. The van der Waals surface area contributed by atoms with Crippen molar-refractivity contribution >= 4 is 46.1 Å². The molecule has 12 nitrogen and oxygen atoms in total. The number of nitrogens with zero attached hydrogens (tertiary/aromatic N) is 2. The number of nitrogens with one attached hydrogen (secondary N) is 2. The first-order chi connectivity index (χ1) is 14.0. The highest BCUT2D eigenvalue weighted by Gasteiger charge is 2.43. The summed E-state index contributed by atoms with van der Waals surface area (Å²) < 4.78 is 0. The van der Waals surface area contributed by atoms with Crippen molar-refractivity contribution in [2.45, 2.75) is 13.8 Å². The van der Waals surface area contributed by atoms with Gasteiger partial charge in [0, 0.05) is 26.0 Å². The molecule has 0 bridgehead atoms. The zero-order valence-electron chi connectivity index (χ0n) is 15.5. The number of amides is 2. The highest BCUT2D eigenvalue weighted by molar-refractivity contribution is 6.34. The van der Waals surface area contributed by atoms with Gasteiger partial charge in [0.25, 0.3) is 11.4 Å².